The molecule has 0 spiro atoms. The van der Waals surface area contributed by atoms with Gasteiger partial charge < -0.3 is 14.8 Å². The lowest BCUT2D eigenvalue weighted by Crippen LogP contribution is -2.18. The molecule has 0 amide bonds. The standard InChI is InChI=1S/C18H19NO4.ClH/c1-19-11-17(20)15-7-9-16(10-8-15)22-13-18(21)23-12-14-5-3-2-4-6-14;/h2-10,19H,11-13H2,1H3;1H. The molecule has 0 aliphatic heterocycles. The molecule has 0 radical (unpaired) electrons. The van der Waals surface area contributed by atoms with E-state index in [-0.39, 0.29) is 37.9 Å². The molecule has 0 aliphatic carbocycles. The number of carbonyl (C=O) groups is 2. The van der Waals surface area contributed by atoms with Crippen molar-refractivity contribution < 1.29 is 19.1 Å². The first kappa shape index (κ1) is 19.7. The quantitative estimate of drug-likeness (QED) is 0.586. The Morgan fingerprint density at radius 1 is 1.00 bits per heavy atom. The third kappa shape index (κ3) is 6.40. The highest BCUT2D eigenvalue weighted by molar-refractivity contribution is 5.97. The summed E-state index contributed by atoms with van der Waals surface area (Å²) in [6, 6.07) is 16.1. The lowest BCUT2D eigenvalue weighted by atomic mass is 10.1. The van der Waals surface area contributed by atoms with E-state index in [0.29, 0.717) is 11.3 Å². The van der Waals surface area contributed by atoms with E-state index in [2.05, 4.69) is 5.32 Å². The number of esters is 1. The first-order chi connectivity index (χ1) is 11.2. The van der Waals surface area contributed by atoms with Gasteiger partial charge in [0.1, 0.15) is 12.4 Å². The van der Waals surface area contributed by atoms with Gasteiger partial charge in [0.25, 0.3) is 0 Å². The molecule has 24 heavy (non-hydrogen) atoms. The monoisotopic (exact) mass is 349 g/mol. The van der Waals surface area contributed by atoms with Crippen molar-refractivity contribution in [3.8, 4) is 5.75 Å². The second-order valence-electron chi connectivity index (χ2n) is 4.91. The summed E-state index contributed by atoms with van der Waals surface area (Å²) in [4.78, 5) is 23.3. The number of halogens is 1. The maximum Gasteiger partial charge on any atom is 0.344 e. The number of hydrogen-bond donors (Lipinski definition) is 1. The van der Waals surface area contributed by atoms with Gasteiger partial charge >= 0.3 is 5.97 Å². The normalized spacial score (nSPS) is 9.71. The summed E-state index contributed by atoms with van der Waals surface area (Å²) in [6.07, 6.45) is 0. The molecule has 0 saturated heterocycles. The lowest BCUT2D eigenvalue weighted by Gasteiger charge is -2.08. The minimum Gasteiger partial charge on any atom is -0.482 e. The average Bonchev–Trinajstić information content (AvgIpc) is 2.59. The van der Waals surface area contributed by atoms with Gasteiger partial charge in [-0.3, -0.25) is 4.79 Å². The molecule has 0 unspecified atom stereocenters. The number of ketones is 1. The van der Waals surface area contributed by atoms with Crippen LogP contribution in [-0.2, 0) is 16.1 Å². The number of rotatable bonds is 8. The molecule has 0 aliphatic rings. The molecule has 0 fully saturated rings. The SMILES string of the molecule is CNCC(=O)c1ccc(OCC(=O)OCc2ccccc2)cc1.Cl. The Labute approximate surface area is 147 Å². The van der Waals surface area contributed by atoms with Crippen LogP contribution in [0.5, 0.6) is 5.75 Å². The Hall–Kier alpha value is -2.37. The molecule has 2 aromatic rings. The molecule has 0 bridgehead atoms. The number of nitrogens with one attached hydrogen (secondary N) is 1. The molecule has 2 rings (SSSR count). The van der Waals surface area contributed by atoms with Gasteiger partial charge in [0.15, 0.2) is 12.4 Å². The van der Waals surface area contributed by atoms with Crippen LogP contribution in [0.3, 0.4) is 0 Å². The van der Waals surface area contributed by atoms with Crippen molar-refractivity contribution in [2.75, 3.05) is 20.2 Å². The Balaban J connectivity index is 0.00000288. The van der Waals surface area contributed by atoms with Crippen molar-refractivity contribution >= 4 is 24.2 Å². The molecule has 0 atom stereocenters. The third-order valence-corrected chi connectivity index (χ3v) is 3.11. The van der Waals surface area contributed by atoms with E-state index in [0.717, 1.165) is 5.56 Å². The second kappa shape index (κ2) is 10.4. The van der Waals surface area contributed by atoms with Crippen LogP contribution in [0.4, 0.5) is 0 Å². The topological polar surface area (TPSA) is 64.6 Å². The summed E-state index contributed by atoms with van der Waals surface area (Å²) in [5.74, 6) is 0.0770. The number of carbonyl (C=O) groups excluding carboxylic acids is 2. The minimum absolute atomic E-state index is 0. The number of likely N-dealkylation sites (N-methyl/N-ethyl adjacent to an activating group) is 1. The van der Waals surface area contributed by atoms with E-state index in [4.69, 9.17) is 9.47 Å². The van der Waals surface area contributed by atoms with Crippen LogP contribution in [0.2, 0.25) is 0 Å². The van der Waals surface area contributed by atoms with Crippen molar-refractivity contribution in [3.63, 3.8) is 0 Å². The Morgan fingerprint density at radius 3 is 2.29 bits per heavy atom. The largest absolute Gasteiger partial charge is 0.482 e. The zero-order valence-corrected chi connectivity index (χ0v) is 14.2. The van der Waals surface area contributed by atoms with Gasteiger partial charge in [0, 0.05) is 5.56 Å². The Morgan fingerprint density at radius 2 is 1.67 bits per heavy atom. The van der Waals surface area contributed by atoms with Crippen molar-refractivity contribution in [1.29, 1.82) is 0 Å². The number of Topliss-reactive ketones (excluding diaryl/α,β-unsaturated/α-hetero) is 1. The van der Waals surface area contributed by atoms with Crippen LogP contribution in [0.15, 0.2) is 54.6 Å². The highest BCUT2D eigenvalue weighted by Gasteiger charge is 2.07. The zero-order valence-electron chi connectivity index (χ0n) is 13.4. The first-order valence-corrected chi connectivity index (χ1v) is 7.29. The fourth-order valence-corrected chi connectivity index (χ4v) is 1.92. The predicted molar refractivity (Wildman–Crippen MR) is 93.7 cm³/mol. The molecule has 128 valence electrons. The van der Waals surface area contributed by atoms with E-state index in [1.54, 1.807) is 31.3 Å². The predicted octanol–water partition coefficient (Wildman–Crippen LogP) is 2.63. The van der Waals surface area contributed by atoms with Crippen LogP contribution >= 0.6 is 12.4 Å². The first-order valence-electron chi connectivity index (χ1n) is 7.29. The summed E-state index contributed by atoms with van der Waals surface area (Å²) in [5, 5.41) is 2.81. The Kier molecular flexibility index (Phi) is 8.54. The van der Waals surface area contributed by atoms with Crippen molar-refractivity contribution in [2.24, 2.45) is 0 Å². The van der Waals surface area contributed by atoms with E-state index >= 15 is 0 Å². The third-order valence-electron chi connectivity index (χ3n) is 3.11. The van der Waals surface area contributed by atoms with E-state index in [1.165, 1.54) is 0 Å². The van der Waals surface area contributed by atoms with Crippen molar-refractivity contribution in [3.05, 3.63) is 65.7 Å². The van der Waals surface area contributed by atoms with Gasteiger partial charge in [-0.1, -0.05) is 30.3 Å². The highest BCUT2D eigenvalue weighted by Crippen LogP contribution is 2.12. The Bertz CT molecular complexity index is 644. The van der Waals surface area contributed by atoms with Crippen LogP contribution in [-0.4, -0.2) is 32.0 Å². The maximum absolute atomic E-state index is 11.7. The van der Waals surface area contributed by atoms with Crippen LogP contribution in [0.1, 0.15) is 15.9 Å². The van der Waals surface area contributed by atoms with E-state index in [1.807, 2.05) is 30.3 Å². The van der Waals surface area contributed by atoms with Crippen LogP contribution < -0.4 is 10.1 Å². The van der Waals surface area contributed by atoms with Gasteiger partial charge in [-0.15, -0.1) is 12.4 Å². The summed E-state index contributed by atoms with van der Waals surface area (Å²) >= 11 is 0. The maximum atomic E-state index is 11.7. The van der Waals surface area contributed by atoms with Gasteiger partial charge in [-0.05, 0) is 36.9 Å². The molecule has 2 aromatic carbocycles. The van der Waals surface area contributed by atoms with Gasteiger partial charge in [-0.2, -0.15) is 0 Å². The fourth-order valence-electron chi connectivity index (χ4n) is 1.92. The molecular formula is C18H20ClNO4. The van der Waals surface area contributed by atoms with Crippen molar-refractivity contribution in [2.45, 2.75) is 6.61 Å². The van der Waals surface area contributed by atoms with Gasteiger partial charge in [-0.25, -0.2) is 4.79 Å². The number of ether oxygens (including phenoxy) is 2. The summed E-state index contributed by atoms with van der Waals surface area (Å²) < 4.78 is 10.5. The summed E-state index contributed by atoms with van der Waals surface area (Å²) in [7, 11) is 1.72. The minimum atomic E-state index is -0.441. The number of benzene rings is 2. The zero-order chi connectivity index (χ0) is 16.5. The van der Waals surface area contributed by atoms with Crippen molar-refractivity contribution in [1.82, 2.24) is 5.32 Å². The smallest absolute Gasteiger partial charge is 0.344 e. The van der Waals surface area contributed by atoms with Gasteiger partial charge in [0.2, 0.25) is 0 Å². The molecule has 0 aromatic heterocycles. The van der Waals surface area contributed by atoms with Crippen LogP contribution in [0.25, 0.3) is 0 Å². The molecular weight excluding hydrogens is 330 g/mol. The number of hydrogen-bond acceptors (Lipinski definition) is 5. The molecule has 6 heteroatoms. The molecule has 5 nitrogen and oxygen atoms in total. The second-order valence-corrected chi connectivity index (χ2v) is 4.91. The van der Waals surface area contributed by atoms with E-state index < -0.39 is 5.97 Å². The van der Waals surface area contributed by atoms with Crippen LogP contribution in [0, 0.1) is 0 Å². The summed E-state index contributed by atoms with van der Waals surface area (Å²) in [5.41, 5.74) is 1.52. The molecule has 0 saturated carbocycles. The molecule has 0 heterocycles. The van der Waals surface area contributed by atoms with Gasteiger partial charge in [0.05, 0.1) is 6.54 Å². The lowest BCUT2D eigenvalue weighted by molar-refractivity contribution is -0.147. The average molecular weight is 350 g/mol. The molecule has 1 N–H and O–H groups in total. The van der Waals surface area contributed by atoms with E-state index in [9.17, 15) is 9.59 Å². The highest BCUT2D eigenvalue weighted by atomic mass is 35.5. The fraction of sp³-hybridized carbons (Fsp3) is 0.222. The summed E-state index contributed by atoms with van der Waals surface area (Å²) in [6.45, 7) is 0.336.